The summed E-state index contributed by atoms with van der Waals surface area (Å²) in [6.07, 6.45) is 4.14. The van der Waals surface area contributed by atoms with Gasteiger partial charge in [-0.25, -0.2) is 9.78 Å². The van der Waals surface area contributed by atoms with Gasteiger partial charge in [-0.1, -0.05) is 62.6 Å². The summed E-state index contributed by atoms with van der Waals surface area (Å²) in [5.74, 6) is 0.548. The van der Waals surface area contributed by atoms with Crippen molar-refractivity contribution >= 4 is 22.6 Å². The van der Waals surface area contributed by atoms with E-state index in [-0.39, 0.29) is 11.6 Å². The van der Waals surface area contributed by atoms with Crippen LogP contribution in [0.15, 0.2) is 71.5 Å². The van der Waals surface area contributed by atoms with Gasteiger partial charge in [-0.3, -0.25) is 9.36 Å². The zero-order chi connectivity index (χ0) is 27.2. The van der Waals surface area contributed by atoms with E-state index in [1.165, 1.54) is 0 Å². The number of rotatable bonds is 9. The summed E-state index contributed by atoms with van der Waals surface area (Å²) in [6.45, 7) is 10.8. The number of anilines is 1. The van der Waals surface area contributed by atoms with Crippen LogP contribution in [-0.4, -0.2) is 27.0 Å². The molecule has 6 nitrogen and oxygen atoms in total. The number of carbonyl (C=O) groups excluding carboxylic acids is 1. The fraction of sp³-hybridized carbons (Fsp3) is 0.344. The van der Waals surface area contributed by atoms with Crippen molar-refractivity contribution in [2.75, 3.05) is 11.9 Å². The van der Waals surface area contributed by atoms with Crippen molar-refractivity contribution in [3.05, 3.63) is 99.6 Å². The molecule has 1 atom stereocenters. The van der Waals surface area contributed by atoms with Gasteiger partial charge < -0.3 is 10.2 Å². The molecule has 0 aliphatic rings. The number of hydrogen-bond donors (Lipinski definition) is 1. The Balaban J connectivity index is 1.82. The van der Waals surface area contributed by atoms with Crippen LogP contribution in [0.3, 0.4) is 0 Å². The third kappa shape index (κ3) is 5.80. The minimum Gasteiger partial charge on any atom is -0.315 e. The maximum absolute atomic E-state index is 13.9. The zero-order valence-corrected chi connectivity index (χ0v) is 23.1. The molecule has 0 saturated heterocycles. The first-order chi connectivity index (χ1) is 18.3. The van der Waals surface area contributed by atoms with E-state index >= 15 is 0 Å². The van der Waals surface area contributed by atoms with Gasteiger partial charge in [-0.15, -0.1) is 0 Å². The molecule has 2 amide bonds. The molecular formula is C32H38N4O2. The molecule has 0 fully saturated rings. The number of para-hydroxylation sites is 2. The average molecular weight is 511 g/mol. The Morgan fingerprint density at radius 3 is 2.39 bits per heavy atom. The highest BCUT2D eigenvalue weighted by atomic mass is 16.2. The molecule has 1 heterocycles. The number of benzene rings is 3. The van der Waals surface area contributed by atoms with Crippen LogP contribution < -0.4 is 10.9 Å². The molecule has 6 heteroatoms. The number of nitrogens with zero attached hydrogens (tertiary/aromatic N) is 3. The molecule has 0 aliphatic carbocycles. The summed E-state index contributed by atoms with van der Waals surface area (Å²) >= 11 is 0. The van der Waals surface area contributed by atoms with Crippen molar-refractivity contribution < 1.29 is 4.79 Å². The molecule has 1 aromatic heterocycles. The molecule has 3 aromatic carbocycles. The van der Waals surface area contributed by atoms with Crippen LogP contribution >= 0.6 is 0 Å². The van der Waals surface area contributed by atoms with E-state index in [4.69, 9.17) is 4.98 Å². The fourth-order valence-electron chi connectivity index (χ4n) is 4.76. The van der Waals surface area contributed by atoms with Crippen molar-refractivity contribution in [2.45, 2.75) is 66.3 Å². The topological polar surface area (TPSA) is 67.2 Å². The summed E-state index contributed by atoms with van der Waals surface area (Å²) in [4.78, 5) is 34.4. The molecule has 0 bridgehead atoms. The van der Waals surface area contributed by atoms with E-state index in [1.807, 2.05) is 92.4 Å². The molecule has 1 unspecified atom stereocenters. The summed E-state index contributed by atoms with van der Waals surface area (Å²) in [5, 5.41) is 3.66. The highest BCUT2D eigenvalue weighted by Gasteiger charge is 2.27. The van der Waals surface area contributed by atoms with E-state index in [1.54, 1.807) is 4.57 Å². The SMILES string of the molecule is CCCCCCN(C(=O)Nc1ccccc1C)C(C)c1nc2ccccc2c(=O)n1-c1ccc(C)c(C)c1. The van der Waals surface area contributed by atoms with Crippen LogP contribution in [0.2, 0.25) is 0 Å². The lowest BCUT2D eigenvalue weighted by atomic mass is 10.1. The standard InChI is InChI=1S/C32H38N4O2/c1-6-7-8-13-20-35(32(38)34-28-16-11-9-14-23(28)3)25(5)30-33-29-17-12-10-15-27(29)31(37)36(30)26-19-18-22(2)24(4)21-26/h9-12,14-19,21,25H,6-8,13,20H2,1-5H3,(H,34,38). The van der Waals surface area contributed by atoms with Crippen molar-refractivity contribution in [1.82, 2.24) is 14.5 Å². The van der Waals surface area contributed by atoms with Crippen molar-refractivity contribution in [3.63, 3.8) is 0 Å². The number of unbranched alkanes of at least 4 members (excludes halogenated alkanes) is 3. The lowest BCUT2D eigenvalue weighted by Crippen LogP contribution is -2.40. The molecule has 0 saturated carbocycles. The quantitative estimate of drug-likeness (QED) is 0.237. The normalized spacial score (nSPS) is 11.9. The number of hydrogen-bond acceptors (Lipinski definition) is 3. The average Bonchev–Trinajstić information content (AvgIpc) is 2.91. The Labute approximate surface area is 225 Å². The lowest BCUT2D eigenvalue weighted by Gasteiger charge is -2.31. The summed E-state index contributed by atoms with van der Waals surface area (Å²) in [6, 6.07) is 20.5. The van der Waals surface area contributed by atoms with Crippen LogP contribution in [0.4, 0.5) is 10.5 Å². The Hall–Kier alpha value is -3.93. The zero-order valence-electron chi connectivity index (χ0n) is 23.1. The molecule has 4 aromatic rings. The molecule has 0 spiro atoms. The molecule has 1 N–H and O–H groups in total. The van der Waals surface area contributed by atoms with Crippen LogP contribution in [0.25, 0.3) is 16.6 Å². The van der Waals surface area contributed by atoms with Gasteiger partial charge in [0, 0.05) is 12.2 Å². The maximum Gasteiger partial charge on any atom is 0.322 e. The Kier molecular flexibility index (Phi) is 8.62. The van der Waals surface area contributed by atoms with E-state index in [9.17, 15) is 9.59 Å². The van der Waals surface area contributed by atoms with Crippen molar-refractivity contribution in [2.24, 2.45) is 0 Å². The second kappa shape index (κ2) is 12.1. The summed E-state index contributed by atoms with van der Waals surface area (Å²) in [5.41, 5.74) is 5.27. The Bertz CT molecular complexity index is 1490. The number of amides is 2. The molecule has 0 aliphatic heterocycles. The van der Waals surface area contributed by atoms with Crippen LogP contribution in [0.5, 0.6) is 0 Å². The first kappa shape index (κ1) is 27.1. The molecular weight excluding hydrogens is 472 g/mol. The van der Waals surface area contributed by atoms with Crippen LogP contribution in [0, 0.1) is 20.8 Å². The van der Waals surface area contributed by atoms with Crippen LogP contribution in [0.1, 0.15) is 68.1 Å². The van der Waals surface area contributed by atoms with E-state index in [2.05, 4.69) is 19.2 Å². The van der Waals surface area contributed by atoms with Gasteiger partial charge in [0.1, 0.15) is 5.82 Å². The van der Waals surface area contributed by atoms with Gasteiger partial charge in [-0.05, 0) is 81.1 Å². The number of nitrogens with one attached hydrogen (secondary N) is 1. The Morgan fingerprint density at radius 1 is 0.921 bits per heavy atom. The first-order valence-corrected chi connectivity index (χ1v) is 13.5. The predicted molar refractivity (Wildman–Crippen MR) is 156 cm³/mol. The summed E-state index contributed by atoms with van der Waals surface area (Å²) in [7, 11) is 0. The van der Waals surface area contributed by atoms with Gasteiger partial charge in [0.05, 0.1) is 22.6 Å². The highest BCUT2D eigenvalue weighted by Crippen LogP contribution is 2.26. The smallest absolute Gasteiger partial charge is 0.315 e. The fourth-order valence-corrected chi connectivity index (χ4v) is 4.76. The third-order valence-corrected chi connectivity index (χ3v) is 7.29. The number of fused-ring (bicyclic) bond motifs is 1. The first-order valence-electron chi connectivity index (χ1n) is 13.5. The number of carbonyl (C=O) groups is 1. The van der Waals surface area contributed by atoms with Gasteiger partial charge >= 0.3 is 6.03 Å². The molecule has 4 rings (SSSR count). The van der Waals surface area contributed by atoms with E-state index < -0.39 is 6.04 Å². The second-order valence-electron chi connectivity index (χ2n) is 10.1. The number of aromatic nitrogens is 2. The second-order valence-corrected chi connectivity index (χ2v) is 10.1. The summed E-state index contributed by atoms with van der Waals surface area (Å²) < 4.78 is 1.68. The molecule has 0 radical (unpaired) electrons. The minimum absolute atomic E-state index is 0.133. The molecule has 198 valence electrons. The predicted octanol–water partition coefficient (Wildman–Crippen LogP) is 7.49. The highest BCUT2D eigenvalue weighted by molar-refractivity contribution is 5.90. The lowest BCUT2D eigenvalue weighted by molar-refractivity contribution is 0.187. The van der Waals surface area contributed by atoms with Crippen molar-refractivity contribution in [3.8, 4) is 5.69 Å². The van der Waals surface area contributed by atoms with Gasteiger partial charge in [0.2, 0.25) is 0 Å². The monoisotopic (exact) mass is 510 g/mol. The van der Waals surface area contributed by atoms with Gasteiger partial charge in [0.25, 0.3) is 5.56 Å². The van der Waals surface area contributed by atoms with Gasteiger partial charge in [-0.2, -0.15) is 0 Å². The van der Waals surface area contributed by atoms with E-state index in [0.717, 1.165) is 53.7 Å². The van der Waals surface area contributed by atoms with Gasteiger partial charge in [0.15, 0.2) is 0 Å². The van der Waals surface area contributed by atoms with E-state index in [0.29, 0.717) is 23.3 Å². The third-order valence-electron chi connectivity index (χ3n) is 7.29. The number of aryl methyl sites for hydroxylation is 3. The minimum atomic E-state index is -0.445. The molecule has 38 heavy (non-hydrogen) atoms. The number of urea groups is 1. The Morgan fingerprint density at radius 2 is 1.66 bits per heavy atom. The van der Waals surface area contributed by atoms with Crippen LogP contribution in [-0.2, 0) is 0 Å². The van der Waals surface area contributed by atoms with Crippen molar-refractivity contribution in [1.29, 1.82) is 0 Å². The largest absolute Gasteiger partial charge is 0.322 e. The maximum atomic E-state index is 13.9.